The fraction of sp³-hybridized carbons (Fsp3) is 0.235. The van der Waals surface area contributed by atoms with Gasteiger partial charge in [0.1, 0.15) is 5.75 Å². The molecule has 0 aliphatic heterocycles. The molecule has 2 aromatic rings. The molecule has 2 rings (SSSR count). The lowest BCUT2D eigenvalue weighted by atomic mass is 10.0. The van der Waals surface area contributed by atoms with Crippen molar-refractivity contribution in [2.75, 3.05) is 13.7 Å². The Kier molecular flexibility index (Phi) is 5.23. The molecule has 2 aromatic carbocycles. The van der Waals surface area contributed by atoms with E-state index >= 15 is 0 Å². The number of halogens is 1. The van der Waals surface area contributed by atoms with Gasteiger partial charge >= 0.3 is 5.97 Å². The third kappa shape index (κ3) is 4.23. The molecule has 0 aromatic heterocycles. The van der Waals surface area contributed by atoms with Crippen LogP contribution in [0.3, 0.4) is 0 Å². The van der Waals surface area contributed by atoms with Gasteiger partial charge in [0.25, 0.3) is 0 Å². The lowest BCUT2D eigenvalue weighted by Crippen LogP contribution is -2.07. The van der Waals surface area contributed by atoms with Gasteiger partial charge in [0.15, 0.2) is 0 Å². The van der Waals surface area contributed by atoms with Gasteiger partial charge in [-0.1, -0.05) is 29.8 Å². The summed E-state index contributed by atoms with van der Waals surface area (Å²) in [4.78, 5) is 11.6. The number of hydrogen-bond donors (Lipinski definition) is 0. The van der Waals surface area contributed by atoms with Gasteiger partial charge in [0, 0.05) is 5.02 Å². The normalized spacial score (nSPS) is 10.2. The summed E-state index contributed by atoms with van der Waals surface area (Å²) < 4.78 is 10.3. The Morgan fingerprint density at radius 1 is 1.10 bits per heavy atom. The van der Waals surface area contributed by atoms with Crippen molar-refractivity contribution in [1.29, 1.82) is 0 Å². The highest BCUT2D eigenvalue weighted by molar-refractivity contribution is 6.30. The number of esters is 1. The van der Waals surface area contributed by atoms with Crippen LogP contribution in [0.2, 0.25) is 5.02 Å². The van der Waals surface area contributed by atoms with Crippen molar-refractivity contribution >= 4 is 17.6 Å². The number of carbonyl (C=O) groups is 1. The van der Waals surface area contributed by atoms with Crippen LogP contribution in [-0.2, 0) is 16.0 Å². The predicted octanol–water partition coefficient (Wildman–Crippen LogP) is 4.12. The minimum absolute atomic E-state index is 0.228. The lowest BCUT2D eigenvalue weighted by Gasteiger charge is -2.09. The molecule has 0 radical (unpaired) electrons. The first-order valence-electron chi connectivity index (χ1n) is 6.72. The third-order valence-corrected chi connectivity index (χ3v) is 3.29. The van der Waals surface area contributed by atoms with Crippen molar-refractivity contribution in [3.8, 4) is 16.9 Å². The molecule has 0 heterocycles. The maximum Gasteiger partial charge on any atom is 0.310 e. The van der Waals surface area contributed by atoms with Crippen LogP contribution in [0.1, 0.15) is 12.5 Å². The Hall–Kier alpha value is -2.00. The Morgan fingerprint density at radius 2 is 1.81 bits per heavy atom. The van der Waals surface area contributed by atoms with Gasteiger partial charge in [0.05, 0.1) is 20.1 Å². The van der Waals surface area contributed by atoms with E-state index in [2.05, 4.69) is 0 Å². The van der Waals surface area contributed by atoms with Crippen LogP contribution >= 0.6 is 11.6 Å². The van der Waals surface area contributed by atoms with Crippen LogP contribution < -0.4 is 4.74 Å². The van der Waals surface area contributed by atoms with Crippen LogP contribution in [0.5, 0.6) is 5.75 Å². The summed E-state index contributed by atoms with van der Waals surface area (Å²) in [5.74, 6) is 0.467. The molecule has 0 bridgehead atoms. The van der Waals surface area contributed by atoms with Crippen molar-refractivity contribution in [3.05, 3.63) is 53.1 Å². The lowest BCUT2D eigenvalue weighted by molar-refractivity contribution is -0.142. The van der Waals surface area contributed by atoms with Crippen molar-refractivity contribution in [2.24, 2.45) is 0 Å². The molecule has 4 heteroatoms. The maximum absolute atomic E-state index is 11.6. The molecule has 21 heavy (non-hydrogen) atoms. The second-order valence-electron chi connectivity index (χ2n) is 4.56. The van der Waals surface area contributed by atoms with Gasteiger partial charge in [-0.2, -0.15) is 0 Å². The Balaban J connectivity index is 2.33. The molecule has 0 fully saturated rings. The van der Waals surface area contributed by atoms with E-state index < -0.39 is 0 Å². The van der Waals surface area contributed by atoms with Gasteiger partial charge in [-0.15, -0.1) is 0 Å². The van der Waals surface area contributed by atoms with E-state index in [1.165, 1.54) is 0 Å². The molecular weight excluding hydrogens is 288 g/mol. The van der Waals surface area contributed by atoms with E-state index in [4.69, 9.17) is 21.1 Å². The largest absolute Gasteiger partial charge is 0.497 e. The summed E-state index contributed by atoms with van der Waals surface area (Å²) in [6.45, 7) is 2.18. The fourth-order valence-electron chi connectivity index (χ4n) is 2.07. The molecule has 0 spiro atoms. The molecule has 0 amide bonds. The standard InChI is InChI=1S/C17H17ClO3/c1-3-21-17(19)10-12-8-14(11-16(9-12)20-2)13-4-6-15(18)7-5-13/h4-9,11H,3,10H2,1-2H3. The summed E-state index contributed by atoms with van der Waals surface area (Å²) in [6.07, 6.45) is 0.228. The zero-order valence-electron chi connectivity index (χ0n) is 12.1. The summed E-state index contributed by atoms with van der Waals surface area (Å²) in [5.41, 5.74) is 2.85. The van der Waals surface area contributed by atoms with Gasteiger partial charge in [-0.05, 0) is 47.9 Å². The van der Waals surface area contributed by atoms with Crippen molar-refractivity contribution in [2.45, 2.75) is 13.3 Å². The molecule has 3 nitrogen and oxygen atoms in total. The molecular formula is C17H17ClO3. The van der Waals surface area contributed by atoms with E-state index in [1.54, 1.807) is 14.0 Å². The van der Waals surface area contributed by atoms with Gasteiger partial charge in [-0.3, -0.25) is 4.79 Å². The zero-order valence-corrected chi connectivity index (χ0v) is 12.8. The number of carbonyl (C=O) groups excluding carboxylic acids is 1. The Bertz CT molecular complexity index is 620. The Labute approximate surface area is 129 Å². The first-order chi connectivity index (χ1) is 10.1. The van der Waals surface area contributed by atoms with Crippen LogP contribution in [0.4, 0.5) is 0 Å². The van der Waals surface area contributed by atoms with Crippen LogP contribution in [0.15, 0.2) is 42.5 Å². The highest BCUT2D eigenvalue weighted by atomic mass is 35.5. The van der Waals surface area contributed by atoms with Gasteiger partial charge < -0.3 is 9.47 Å². The number of methoxy groups -OCH3 is 1. The second kappa shape index (κ2) is 7.14. The third-order valence-electron chi connectivity index (χ3n) is 3.03. The fourth-order valence-corrected chi connectivity index (χ4v) is 2.19. The van der Waals surface area contributed by atoms with Gasteiger partial charge in [0.2, 0.25) is 0 Å². The predicted molar refractivity (Wildman–Crippen MR) is 83.8 cm³/mol. The summed E-state index contributed by atoms with van der Waals surface area (Å²) in [6, 6.07) is 13.3. The van der Waals surface area contributed by atoms with E-state index in [1.807, 2.05) is 42.5 Å². The molecule has 0 aliphatic rings. The van der Waals surface area contributed by atoms with E-state index in [9.17, 15) is 4.79 Å². The van der Waals surface area contributed by atoms with Crippen LogP contribution in [0.25, 0.3) is 11.1 Å². The molecule has 0 saturated carbocycles. The van der Waals surface area contributed by atoms with Crippen molar-refractivity contribution < 1.29 is 14.3 Å². The smallest absolute Gasteiger partial charge is 0.310 e. The minimum atomic E-state index is -0.243. The van der Waals surface area contributed by atoms with Crippen molar-refractivity contribution in [1.82, 2.24) is 0 Å². The first-order valence-corrected chi connectivity index (χ1v) is 7.09. The van der Waals surface area contributed by atoms with E-state index in [-0.39, 0.29) is 12.4 Å². The molecule has 0 N–H and O–H groups in total. The zero-order chi connectivity index (χ0) is 15.2. The average Bonchev–Trinajstić information content (AvgIpc) is 2.47. The number of hydrogen-bond acceptors (Lipinski definition) is 3. The average molecular weight is 305 g/mol. The Morgan fingerprint density at radius 3 is 2.43 bits per heavy atom. The molecule has 0 saturated heterocycles. The summed E-state index contributed by atoms with van der Waals surface area (Å²) in [5, 5.41) is 0.688. The molecule has 0 unspecified atom stereocenters. The SMILES string of the molecule is CCOC(=O)Cc1cc(OC)cc(-c2ccc(Cl)cc2)c1. The second-order valence-corrected chi connectivity index (χ2v) is 4.99. The number of ether oxygens (including phenoxy) is 2. The highest BCUT2D eigenvalue weighted by Crippen LogP contribution is 2.27. The number of benzene rings is 2. The quantitative estimate of drug-likeness (QED) is 0.779. The summed E-state index contributed by atoms with van der Waals surface area (Å²) in [7, 11) is 1.61. The number of rotatable bonds is 5. The molecule has 0 atom stereocenters. The van der Waals surface area contributed by atoms with E-state index in [0.717, 1.165) is 16.7 Å². The van der Waals surface area contributed by atoms with Crippen LogP contribution in [0, 0.1) is 0 Å². The van der Waals surface area contributed by atoms with Crippen LogP contribution in [-0.4, -0.2) is 19.7 Å². The molecule has 110 valence electrons. The van der Waals surface area contributed by atoms with E-state index in [0.29, 0.717) is 17.4 Å². The van der Waals surface area contributed by atoms with Gasteiger partial charge in [-0.25, -0.2) is 0 Å². The topological polar surface area (TPSA) is 35.5 Å². The monoisotopic (exact) mass is 304 g/mol. The maximum atomic E-state index is 11.6. The first kappa shape index (κ1) is 15.4. The van der Waals surface area contributed by atoms with Crippen molar-refractivity contribution in [3.63, 3.8) is 0 Å². The molecule has 0 aliphatic carbocycles. The minimum Gasteiger partial charge on any atom is -0.497 e. The summed E-state index contributed by atoms with van der Waals surface area (Å²) >= 11 is 5.91. The highest BCUT2D eigenvalue weighted by Gasteiger charge is 2.08.